The summed E-state index contributed by atoms with van der Waals surface area (Å²) in [5.41, 5.74) is 4.65. The van der Waals surface area contributed by atoms with Gasteiger partial charge in [0.15, 0.2) is 5.78 Å². The summed E-state index contributed by atoms with van der Waals surface area (Å²) in [7, 11) is 3.91. The number of rotatable bonds is 2. The monoisotopic (exact) mass is 390 g/mol. The Morgan fingerprint density at radius 3 is 2.86 bits per heavy atom. The van der Waals surface area contributed by atoms with Gasteiger partial charge in [-0.05, 0) is 49.3 Å². The van der Waals surface area contributed by atoms with E-state index in [1.807, 2.05) is 48.3 Å². The van der Waals surface area contributed by atoms with Crippen molar-refractivity contribution in [2.45, 2.75) is 43.9 Å². The summed E-state index contributed by atoms with van der Waals surface area (Å²) in [5.74, 6) is 0.946. The number of hydrogen-bond acceptors (Lipinski definition) is 5. The van der Waals surface area contributed by atoms with E-state index >= 15 is 0 Å². The molecule has 1 aromatic carbocycles. The Bertz CT molecular complexity index is 1010. The second kappa shape index (κ2) is 6.65. The van der Waals surface area contributed by atoms with Crippen LogP contribution in [0.3, 0.4) is 0 Å². The van der Waals surface area contributed by atoms with Gasteiger partial charge in [-0.1, -0.05) is 12.1 Å². The van der Waals surface area contributed by atoms with E-state index in [2.05, 4.69) is 4.98 Å². The maximum Gasteiger partial charge on any atom is 0.254 e. The van der Waals surface area contributed by atoms with Crippen molar-refractivity contribution in [2.75, 3.05) is 32.1 Å². The number of Topliss-reactive ketones (excluding diaryl/α,β-unsaturated/α-hetero) is 1. The predicted molar refractivity (Wildman–Crippen MR) is 111 cm³/mol. The van der Waals surface area contributed by atoms with Gasteiger partial charge in [0.25, 0.3) is 5.91 Å². The van der Waals surface area contributed by atoms with Crippen LogP contribution < -0.4 is 4.90 Å². The highest BCUT2D eigenvalue weighted by Crippen LogP contribution is 2.44. The number of hydrogen-bond donors (Lipinski definition) is 0. The van der Waals surface area contributed by atoms with Crippen molar-refractivity contribution in [2.24, 2.45) is 0 Å². The van der Waals surface area contributed by atoms with Gasteiger partial charge in [0.1, 0.15) is 0 Å². The Hall–Kier alpha value is -2.76. The first-order valence-electron chi connectivity index (χ1n) is 10.5. The van der Waals surface area contributed by atoms with Crippen LogP contribution in [0.4, 0.5) is 5.95 Å². The topological polar surface area (TPSA) is 66.4 Å². The maximum atomic E-state index is 13.5. The van der Waals surface area contributed by atoms with Gasteiger partial charge in [0.05, 0.1) is 5.69 Å². The molecule has 5 rings (SSSR count). The van der Waals surface area contributed by atoms with E-state index in [0.29, 0.717) is 24.9 Å². The number of aromatic nitrogens is 2. The van der Waals surface area contributed by atoms with Crippen molar-refractivity contribution in [3.8, 4) is 0 Å². The molecule has 0 N–H and O–H groups in total. The lowest BCUT2D eigenvalue weighted by molar-refractivity contribution is 0.0632. The average molecular weight is 390 g/mol. The summed E-state index contributed by atoms with van der Waals surface area (Å²) in [6, 6.07) is 5.58. The molecule has 1 unspecified atom stereocenters. The zero-order valence-electron chi connectivity index (χ0n) is 17.1. The highest BCUT2D eigenvalue weighted by molar-refractivity contribution is 6.05. The van der Waals surface area contributed by atoms with Gasteiger partial charge < -0.3 is 9.80 Å². The standard InChI is InChI=1S/C23H26N4O2/c1-26(2)22-24-13-15-9-11-23(20(15)25-22)10-4-12-27(14-23)21(29)18-6-3-5-17-16(18)7-8-19(17)28/h3,5-6,13H,4,7-12,14H2,1-2H3. The van der Waals surface area contributed by atoms with Gasteiger partial charge in [0, 0.05) is 56.3 Å². The van der Waals surface area contributed by atoms with Gasteiger partial charge in [-0.15, -0.1) is 0 Å². The number of fused-ring (bicyclic) bond motifs is 3. The molecule has 1 saturated heterocycles. The van der Waals surface area contributed by atoms with Gasteiger partial charge in [-0.2, -0.15) is 0 Å². The van der Waals surface area contributed by atoms with Crippen molar-refractivity contribution in [3.63, 3.8) is 0 Å². The van der Waals surface area contributed by atoms with Crippen molar-refractivity contribution >= 4 is 17.6 Å². The van der Waals surface area contributed by atoms with Crippen LogP contribution in [-0.4, -0.2) is 53.7 Å². The smallest absolute Gasteiger partial charge is 0.254 e. The fourth-order valence-electron chi connectivity index (χ4n) is 5.31. The number of piperidine rings is 1. The highest BCUT2D eigenvalue weighted by Gasteiger charge is 2.45. The Morgan fingerprint density at radius 1 is 1.17 bits per heavy atom. The zero-order chi connectivity index (χ0) is 20.2. The van der Waals surface area contributed by atoms with E-state index in [0.717, 1.165) is 55.0 Å². The van der Waals surface area contributed by atoms with Gasteiger partial charge in [0.2, 0.25) is 5.95 Å². The molecule has 1 aliphatic heterocycles. The predicted octanol–water partition coefficient (Wildman–Crippen LogP) is 2.79. The zero-order valence-corrected chi connectivity index (χ0v) is 17.1. The Labute approximate surface area is 170 Å². The molecule has 1 aromatic heterocycles. The van der Waals surface area contributed by atoms with E-state index in [1.54, 1.807) is 0 Å². The molecule has 2 heterocycles. The molecule has 1 amide bonds. The molecule has 2 aliphatic carbocycles. The van der Waals surface area contributed by atoms with Crippen LogP contribution in [0.2, 0.25) is 0 Å². The van der Waals surface area contributed by atoms with Gasteiger partial charge in [-0.3, -0.25) is 9.59 Å². The number of benzene rings is 1. The number of aryl methyl sites for hydroxylation is 1. The third-order valence-corrected chi connectivity index (χ3v) is 6.80. The van der Waals surface area contributed by atoms with Crippen LogP contribution in [0.25, 0.3) is 0 Å². The first-order chi connectivity index (χ1) is 14.0. The fraction of sp³-hybridized carbons (Fsp3) is 0.478. The number of anilines is 1. The molecule has 0 radical (unpaired) electrons. The lowest BCUT2D eigenvalue weighted by atomic mass is 9.77. The summed E-state index contributed by atoms with van der Waals surface area (Å²) in [5, 5.41) is 0. The van der Waals surface area contributed by atoms with E-state index in [9.17, 15) is 9.59 Å². The van der Waals surface area contributed by atoms with Crippen LogP contribution in [0.5, 0.6) is 0 Å². The lowest BCUT2D eigenvalue weighted by Crippen LogP contribution is -2.48. The summed E-state index contributed by atoms with van der Waals surface area (Å²) in [4.78, 5) is 38.9. The van der Waals surface area contributed by atoms with Crippen molar-refractivity contribution in [3.05, 3.63) is 52.3 Å². The number of ketones is 1. The van der Waals surface area contributed by atoms with E-state index in [1.165, 1.54) is 5.56 Å². The molecule has 1 spiro atoms. The third-order valence-electron chi connectivity index (χ3n) is 6.80. The number of likely N-dealkylation sites (tertiary alicyclic amines) is 1. The largest absolute Gasteiger partial charge is 0.347 e. The number of nitrogens with zero attached hydrogens (tertiary/aromatic N) is 4. The second-order valence-corrected chi connectivity index (χ2v) is 8.80. The molecule has 0 saturated carbocycles. The SMILES string of the molecule is CN(C)c1ncc2c(n1)C1(CCCN(C(=O)c3cccc4c3CCC4=O)C1)CC2. The molecule has 0 bridgehead atoms. The molecule has 1 atom stereocenters. The molecular formula is C23H26N4O2. The molecule has 29 heavy (non-hydrogen) atoms. The molecule has 1 fully saturated rings. The minimum absolute atomic E-state index is 0.0611. The van der Waals surface area contributed by atoms with E-state index in [4.69, 9.17) is 4.98 Å². The highest BCUT2D eigenvalue weighted by atomic mass is 16.2. The first-order valence-corrected chi connectivity index (χ1v) is 10.5. The molecule has 3 aliphatic rings. The van der Waals surface area contributed by atoms with Crippen molar-refractivity contribution < 1.29 is 9.59 Å². The number of carbonyl (C=O) groups is 2. The molecule has 6 nitrogen and oxygen atoms in total. The number of carbonyl (C=O) groups excluding carboxylic acids is 2. The normalized spacial score (nSPS) is 22.7. The van der Waals surface area contributed by atoms with Crippen molar-refractivity contribution in [1.29, 1.82) is 0 Å². The van der Waals surface area contributed by atoms with Crippen molar-refractivity contribution in [1.82, 2.24) is 14.9 Å². The van der Waals surface area contributed by atoms with Crippen LogP contribution in [0.1, 0.15) is 63.2 Å². The van der Waals surface area contributed by atoms with Gasteiger partial charge >= 0.3 is 0 Å². The van der Waals surface area contributed by atoms with Crippen LogP contribution in [0, 0.1) is 0 Å². The molecule has 6 heteroatoms. The van der Waals surface area contributed by atoms with Crippen LogP contribution in [-0.2, 0) is 18.3 Å². The maximum absolute atomic E-state index is 13.5. The third kappa shape index (κ3) is 2.84. The number of amides is 1. The molecule has 2 aromatic rings. The minimum Gasteiger partial charge on any atom is -0.347 e. The first kappa shape index (κ1) is 18.3. The average Bonchev–Trinajstić information content (AvgIpc) is 3.28. The van der Waals surface area contributed by atoms with E-state index in [-0.39, 0.29) is 17.1 Å². The Morgan fingerprint density at radius 2 is 2.03 bits per heavy atom. The van der Waals surface area contributed by atoms with E-state index < -0.39 is 0 Å². The Kier molecular flexibility index (Phi) is 4.19. The quantitative estimate of drug-likeness (QED) is 0.789. The molecular weight excluding hydrogens is 364 g/mol. The summed E-state index contributed by atoms with van der Waals surface area (Å²) in [6.45, 7) is 1.46. The second-order valence-electron chi connectivity index (χ2n) is 8.80. The Balaban J connectivity index is 1.47. The lowest BCUT2D eigenvalue weighted by Gasteiger charge is -2.40. The summed E-state index contributed by atoms with van der Waals surface area (Å²) < 4.78 is 0. The van der Waals surface area contributed by atoms with Crippen LogP contribution >= 0.6 is 0 Å². The van der Waals surface area contributed by atoms with Crippen LogP contribution in [0.15, 0.2) is 24.4 Å². The fourth-order valence-corrected chi connectivity index (χ4v) is 5.31. The summed E-state index contributed by atoms with van der Waals surface area (Å²) in [6.07, 6.45) is 7.17. The minimum atomic E-state index is -0.0787. The molecule has 150 valence electrons. The summed E-state index contributed by atoms with van der Waals surface area (Å²) >= 11 is 0. The van der Waals surface area contributed by atoms with Gasteiger partial charge in [-0.25, -0.2) is 9.97 Å².